The van der Waals surface area contributed by atoms with Crippen LogP contribution in [0.25, 0.3) is 0 Å². The Hall–Kier alpha value is -0.940. The third-order valence-corrected chi connectivity index (χ3v) is 3.31. The molecule has 4 nitrogen and oxygen atoms in total. The number of carbonyl (C=O) groups is 1. The van der Waals surface area contributed by atoms with Crippen molar-refractivity contribution in [1.29, 1.82) is 0 Å². The molecule has 1 unspecified atom stereocenters. The van der Waals surface area contributed by atoms with E-state index < -0.39 is 0 Å². The predicted octanol–water partition coefficient (Wildman–Crippen LogP) is 1.44. The Morgan fingerprint density at radius 2 is 2.44 bits per heavy atom. The molecule has 1 aromatic rings. The first-order valence-electron chi connectivity index (χ1n) is 5.50. The Labute approximate surface area is 100 Å². The molecule has 0 fully saturated rings. The molecule has 0 saturated heterocycles. The first-order chi connectivity index (χ1) is 7.61. The predicted molar refractivity (Wildman–Crippen MR) is 66.2 cm³/mol. The quantitative estimate of drug-likeness (QED) is 0.792. The lowest BCUT2D eigenvalue weighted by atomic mass is 10.1. The molecule has 5 heteroatoms. The van der Waals surface area contributed by atoms with E-state index in [4.69, 9.17) is 5.73 Å². The summed E-state index contributed by atoms with van der Waals surface area (Å²) in [6.07, 6.45) is 3.21. The number of aromatic nitrogens is 1. The molecular weight excluding hydrogens is 222 g/mol. The zero-order valence-electron chi connectivity index (χ0n) is 9.82. The fourth-order valence-corrected chi connectivity index (χ4v) is 1.99. The molecule has 1 heterocycles. The van der Waals surface area contributed by atoms with Crippen LogP contribution in [0, 0.1) is 12.8 Å². The van der Waals surface area contributed by atoms with Gasteiger partial charge in [0, 0.05) is 17.5 Å². The van der Waals surface area contributed by atoms with Gasteiger partial charge < -0.3 is 11.1 Å². The number of hydrogen-bond donors (Lipinski definition) is 2. The number of hydrogen-bond acceptors (Lipinski definition) is 4. The van der Waals surface area contributed by atoms with Crippen LogP contribution in [0.15, 0.2) is 6.20 Å². The summed E-state index contributed by atoms with van der Waals surface area (Å²) >= 11 is 1.61. The van der Waals surface area contributed by atoms with Gasteiger partial charge in [0.25, 0.3) is 0 Å². The maximum absolute atomic E-state index is 11.5. The zero-order valence-corrected chi connectivity index (χ0v) is 10.6. The molecule has 16 heavy (non-hydrogen) atoms. The number of nitrogens with one attached hydrogen (secondary N) is 1. The Balaban J connectivity index is 2.20. The van der Waals surface area contributed by atoms with Gasteiger partial charge in [0.2, 0.25) is 5.91 Å². The van der Waals surface area contributed by atoms with Gasteiger partial charge in [-0.15, -0.1) is 11.3 Å². The Morgan fingerprint density at radius 1 is 1.69 bits per heavy atom. The molecule has 0 aromatic carbocycles. The van der Waals surface area contributed by atoms with E-state index in [1.165, 1.54) is 0 Å². The molecule has 1 amide bonds. The van der Waals surface area contributed by atoms with Crippen LogP contribution in [0.5, 0.6) is 0 Å². The highest BCUT2D eigenvalue weighted by atomic mass is 32.1. The molecule has 0 spiro atoms. The third kappa shape index (κ3) is 4.72. The topological polar surface area (TPSA) is 68.0 Å². The Morgan fingerprint density at radius 3 is 3.00 bits per heavy atom. The summed E-state index contributed by atoms with van der Waals surface area (Å²) in [4.78, 5) is 16.7. The van der Waals surface area contributed by atoms with Crippen LogP contribution in [-0.4, -0.2) is 17.4 Å². The molecule has 0 bridgehead atoms. The zero-order chi connectivity index (χ0) is 12.0. The summed E-state index contributed by atoms with van der Waals surface area (Å²) in [6.45, 7) is 5.24. The third-order valence-electron chi connectivity index (χ3n) is 2.40. The second-order valence-corrected chi connectivity index (χ2v) is 5.32. The van der Waals surface area contributed by atoms with E-state index in [0.29, 0.717) is 25.4 Å². The van der Waals surface area contributed by atoms with Crippen LogP contribution in [-0.2, 0) is 11.3 Å². The molecule has 0 radical (unpaired) electrons. The van der Waals surface area contributed by atoms with E-state index in [2.05, 4.69) is 17.2 Å². The van der Waals surface area contributed by atoms with Gasteiger partial charge in [-0.25, -0.2) is 4.98 Å². The van der Waals surface area contributed by atoms with Crippen LogP contribution in [0.1, 0.15) is 29.7 Å². The van der Waals surface area contributed by atoms with Gasteiger partial charge in [-0.1, -0.05) is 6.92 Å². The average Bonchev–Trinajstić information content (AvgIpc) is 2.69. The molecule has 0 aliphatic heterocycles. The SMILES string of the molecule is Cc1ncc(CNC(=O)CCC(C)CN)s1. The van der Waals surface area contributed by atoms with Crippen molar-refractivity contribution in [1.82, 2.24) is 10.3 Å². The van der Waals surface area contributed by atoms with Gasteiger partial charge in [0.15, 0.2) is 0 Å². The van der Waals surface area contributed by atoms with Gasteiger partial charge in [-0.05, 0) is 25.8 Å². The van der Waals surface area contributed by atoms with E-state index in [-0.39, 0.29) is 5.91 Å². The first kappa shape index (κ1) is 13.1. The fraction of sp³-hybridized carbons (Fsp3) is 0.636. The number of nitrogens with zero attached hydrogens (tertiary/aromatic N) is 1. The van der Waals surface area contributed by atoms with Crippen LogP contribution in [0.3, 0.4) is 0 Å². The van der Waals surface area contributed by atoms with Crippen molar-refractivity contribution in [3.63, 3.8) is 0 Å². The first-order valence-corrected chi connectivity index (χ1v) is 6.31. The monoisotopic (exact) mass is 241 g/mol. The van der Waals surface area contributed by atoms with Crippen molar-refractivity contribution < 1.29 is 4.79 Å². The van der Waals surface area contributed by atoms with E-state index in [0.717, 1.165) is 16.3 Å². The van der Waals surface area contributed by atoms with E-state index in [1.807, 2.05) is 13.1 Å². The van der Waals surface area contributed by atoms with Crippen molar-refractivity contribution in [2.45, 2.75) is 33.2 Å². The van der Waals surface area contributed by atoms with Crippen LogP contribution >= 0.6 is 11.3 Å². The molecule has 3 N–H and O–H groups in total. The number of rotatable bonds is 6. The molecule has 1 aromatic heterocycles. The van der Waals surface area contributed by atoms with Crippen molar-refractivity contribution in [2.75, 3.05) is 6.54 Å². The molecule has 1 atom stereocenters. The van der Waals surface area contributed by atoms with Crippen molar-refractivity contribution in [3.05, 3.63) is 16.1 Å². The molecule has 0 aliphatic carbocycles. The average molecular weight is 241 g/mol. The summed E-state index contributed by atoms with van der Waals surface area (Å²) in [5, 5.41) is 3.91. The fourth-order valence-electron chi connectivity index (χ4n) is 1.26. The minimum absolute atomic E-state index is 0.0892. The van der Waals surface area contributed by atoms with E-state index in [9.17, 15) is 4.79 Å². The lowest BCUT2D eigenvalue weighted by Crippen LogP contribution is -2.23. The lowest BCUT2D eigenvalue weighted by molar-refractivity contribution is -0.121. The Bertz CT molecular complexity index is 338. The molecular formula is C11H19N3OS. The summed E-state index contributed by atoms with van der Waals surface area (Å²) in [6, 6.07) is 0. The summed E-state index contributed by atoms with van der Waals surface area (Å²) in [5.41, 5.74) is 5.49. The van der Waals surface area contributed by atoms with Gasteiger partial charge in [0.1, 0.15) is 0 Å². The van der Waals surface area contributed by atoms with Crippen molar-refractivity contribution >= 4 is 17.2 Å². The number of amides is 1. The number of nitrogens with two attached hydrogens (primary N) is 1. The van der Waals surface area contributed by atoms with E-state index >= 15 is 0 Å². The minimum atomic E-state index is 0.0892. The van der Waals surface area contributed by atoms with Crippen LogP contribution in [0.2, 0.25) is 0 Å². The van der Waals surface area contributed by atoms with Crippen LogP contribution in [0.4, 0.5) is 0 Å². The Kier molecular flexibility index (Phi) is 5.42. The maximum Gasteiger partial charge on any atom is 0.220 e. The van der Waals surface area contributed by atoms with Gasteiger partial charge in [-0.2, -0.15) is 0 Å². The molecule has 0 saturated carbocycles. The molecule has 0 aliphatic rings. The van der Waals surface area contributed by atoms with Gasteiger partial charge in [0.05, 0.1) is 11.6 Å². The summed E-state index contributed by atoms with van der Waals surface area (Å²) in [7, 11) is 0. The van der Waals surface area contributed by atoms with Gasteiger partial charge in [-0.3, -0.25) is 4.79 Å². The standard InChI is InChI=1S/C11H19N3OS/c1-8(5-12)3-4-11(15)14-7-10-6-13-9(2)16-10/h6,8H,3-5,7,12H2,1-2H3,(H,14,15). The highest BCUT2D eigenvalue weighted by molar-refractivity contribution is 7.11. The maximum atomic E-state index is 11.5. The smallest absolute Gasteiger partial charge is 0.220 e. The van der Waals surface area contributed by atoms with Crippen molar-refractivity contribution in [3.8, 4) is 0 Å². The number of thiazole rings is 1. The second-order valence-electron chi connectivity index (χ2n) is 4.00. The molecule has 1 rings (SSSR count). The normalized spacial score (nSPS) is 12.4. The largest absolute Gasteiger partial charge is 0.351 e. The highest BCUT2D eigenvalue weighted by Gasteiger charge is 2.06. The van der Waals surface area contributed by atoms with Crippen molar-refractivity contribution in [2.24, 2.45) is 11.7 Å². The van der Waals surface area contributed by atoms with Crippen LogP contribution < -0.4 is 11.1 Å². The number of aryl methyl sites for hydroxylation is 1. The number of carbonyl (C=O) groups excluding carboxylic acids is 1. The second kappa shape index (κ2) is 6.60. The minimum Gasteiger partial charge on any atom is -0.351 e. The lowest BCUT2D eigenvalue weighted by Gasteiger charge is -2.07. The van der Waals surface area contributed by atoms with Gasteiger partial charge >= 0.3 is 0 Å². The van der Waals surface area contributed by atoms with E-state index in [1.54, 1.807) is 11.3 Å². The highest BCUT2D eigenvalue weighted by Crippen LogP contribution is 2.11. The molecule has 90 valence electrons. The summed E-state index contributed by atoms with van der Waals surface area (Å²) in [5.74, 6) is 0.503. The summed E-state index contributed by atoms with van der Waals surface area (Å²) < 4.78 is 0.